The molecule has 0 amide bonds. The molecule has 9 heavy (non-hydrogen) atoms. The first-order valence-corrected chi connectivity index (χ1v) is 2.27. The number of ether oxygens (including phenoxy) is 1. The van der Waals surface area contributed by atoms with Crippen molar-refractivity contribution >= 4 is 12.3 Å². The van der Waals surface area contributed by atoms with Crippen molar-refractivity contribution in [1.82, 2.24) is 0 Å². The Morgan fingerprint density at radius 2 is 2.44 bits per heavy atom. The fraction of sp³-hybridized carbons (Fsp3) is 0.400. The summed E-state index contributed by atoms with van der Waals surface area (Å²) in [5, 5.41) is 7.90. The first kappa shape index (κ1) is 7.63. The van der Waals surface area contributed by atoms with E-state index in [-0.39, 0.29) is 13.0 Å². The number of hydrogen-bond donors (Lipinski definition) is 0. The van der Waals surface area contributed by atoms with Crippen molar-refractivity contribution in [2.24, 2.45) is 0 Å². The molecule has 48 valence electrons. The van der Waals surface area contributed by atoms with E-state index in [1.54, 1.807) is 6.07 Å². The number of carbonyl (C=O) groups is 2. The monoisotopic (exact) mass is 127 g/mol. The highest BCUT2D eigenvalue weighted by Gasteiger charge is 1.97. The smallest absolute Gasteiger partial charge is 0.320 e. The predicted molar refractivity (Wildman–Crippen MR) is 27.3 cm³/mol. The van der Waals surface area contributed by atoms with Crippen LogP contribution in [0, 0.1) is 11.3 Å². The fourth-order valence-corrected chi connectivity index (χ4v) is 0.243. The summed E-state index contributed by atoms with van der Waals surface area (Å²) in [6, 6.07) is 1.59. The van der Waals surface area contributed by atoms with Crippen LogP contribution in [0.2, 0.25) is 0 Å². The van der Waals surface area contributed by atoms with E-state index in [0.29, 0.717) is 6.29 Å². The minimum absolute atomic E-state index is 0.263. The van der Waals surface area contributed by atoms with E-state index in [9.17, 15) is 9.59 Å². The number of nitrogens with zero attached hydrogens (tertiary/aromatic N) is 1. The van der Waals surface area contributed by atoms with Crippen LogP contribution in [-0.2, 0) is 14.3 Å². The fourth-order valence-electron chi connectivity index (χ4n) is 0.243. The maximum atomic E-state index is 10.2. The summed E-state index contributed by atoms with van der Waals surface area (Å²) in [7, 11) is 0. The summed E-state index contributed by atoms with van der Waals surface area (Å²) < 4.78 is 4.20. The van der Waals surface area contributed by atoms with Gasteiger partial charge < -0.3 is 4.74 Å². The molecule has 4 nitrogen and oxygen atoms in total. The molecule has 0 aliphatic heterocycles. The number of esters is 1. The SMILES string of the molecule is N#CCC(=O)OCC=O. The molecule has 0 N–H and O–H groups in total. The average Bonchev–Trinajstić information content (AvgIpc) is 1.85. The van der Waals surface area contributed by atoms with Crippen LogP contribution in [0.15, 0.2) is 0 Å². The molecule has 0 aliphatic carbocycles. The van der Waals surface area contributed by atoms with Gasteiger partial charge in [-0.15, -0.1) is 0 Å². The zero-order chi connectivity index (χ0) is 7.11. The Bertz CT molecular complexity index is 147. The van der Waals surface area contributed by atoms with Crippen LogP contribution in [-0.4, -0.2) is 18.9 Å². The molecule has 0 heterocycles. The average molecular weight is 127 g/mol. The lowest BCUT2D eigenvalue weighted by atomic mass is 10.5. The highest BCUT2D eigenvalue weighted by Crippen LogP contribution is 1.80. The van der Waals surface area contributed by atoms with Crippen molar-refractivity contribution < 1.29 is 14.3 Å². The van der Waals surface area contributed by atoms with Crippen LogP contribution < -0.4 is 0 Å². The minimum atomic E-state index is -0.662. The molecule has 0 atom stereocenters. The van der Waals surface area contributed by atoms with Gasteiger partial charge in [0, 0.05) is 0 Å². The molecule has 0 bridgehead atoms. The summed E-state index contributed by atoms with van der Waals surface area (Å²) >= 11 is 0. The first-order chi connectivity index (χ1) is 4.31. The predicted octanol–water partition coefficient (Wildman–Crippen LogP) is -0.358. The van der Waals surface area contributed by atoms with Gasteiger partial charge >= 0.3 is 5.97 Å². The van der Waals surface area contributed by atoms with Crippen LogP contribution in [0.1, 0.15) is 6.42 Å². The minimum Gasteiger partial charge on any atom is -0.457 e. The topological polar surface area (TPSA) is 67.2 Å². The molecule has 0 radical (unpaired) electrons. The van der Waals surface area contributed by atoms with Gasteiger partial charge in [-0.3, -0.25) is 9.59 Å². The van der Waals surface area contributed by atoms with E-state index in [1.165, 1.54) is 0 Å². The van der Waals surface area contributed by atoms with Gasteiger partial charge in [0.2, 0.25) is 0 Å². The lowest BCUT2D eigenvalue weighted by Crippen LogP contribution is -2.04. The van der Waals surface area contributed by atoms with Crippen LogP contribution in [0.3, 0.4) is 0 Å². The molecule has 4 heteroatoms. The highest BCUT2D eigenvalue weighted by molar-refractivity contribution is 5.73. The molecular formula is C5H5NO3. The Morgan fingerprint density at radius 3 is 2.89 bits per heavy atom. The van der Waals surface area contributed by atoms with Gasteiger partial charge in [-0.25, -0.2) is 0 Å². The third-order valence-electron chi connectivity index (χ3n) is 0.536. The zero-order valence-electron chi connectivity index (χ0n) is 4.66. The molecule has 0 unspecified atom stereocenters. The second-order valence-corrected chi connectivity index (χ2v) is 1.18. The summed E-state index contributed by atoms with van der Waals surface area (Å²) in [6.45, 7) is -0.263. The van der Waals surface area contributed by atoms with Crippen molar-refractivity contribution in [1.29, 1.82) is 5.26 Å². The van der Waals surface area contributed by atoms with E-state index in [4.69, 9.17) is 5.26 Å². The van der Waals surface area contributed by atoms with Gasteiger partial charge in [0.1, 0.15) is 13.0 Å². The molecule has 0 fully saturated rings. The van der Waals surface area contributed by atoms with Crippen molar-refractivity contribution in [3.05, 3.63) is 0 Å². The Labute approximate surface area is 52.0 Å². The standard InChI is InChI=1S/C5H5NO3/c6-2-1-5(8)9-4-3-7/h3H,1,4H2. The summed E-state index contributed by atoms with van der Waals surface area (Å²) in [5.74, 6) is -0.662. The molecule has 0 saturated heterocycles. The van der Waals surface area contributed by atoms with Gasteiger partial charge in [0.15, 0.2) is 6.29 Å². The van der Waals surface area contributed by atoms with Crippen molar-refractivity contribution in [2.45, 2.75) is 6.42 Å². The summed E-state index contributed by atoms with van der Waals surface area (Å²) in [5.41, 5.74) is 0. The van der Waals surface area contributed by atoms with E-state index >= 15 is 0 Å². The second-order valence-electron chi connectivity index (χ2n) is 1.18. The lowest BCUT2D eigenvalue weighted by Gasteiger charge is -1.92. The third-order valence-corrected chi connectivity index (χ3v) is 0.536. The summed E-state index contributed by atoms with van der Waals surface area (Å²) in [4.78, 5) is 19.8. The maximum absolute atomic E-state index is 10.2. The number of hydrogen-bond acceptors (Lipinski definition) is 4. The Morgan fingerprint density at radius 1 is 1.78 bits per heavy atom. The van der Waals surface area contributed by atoms with Gasteiger partial charge in [0.25, 0.3) is 0 Å². The Kier molecular flexibility index (Phi) is 4.05. The molecule has 0 aromatic carbocycles. The molecule has 0 aromatic heterocycles. The molecule has 0 aliphatic rings. The summed E-state index contributed by atoms with van der Waals surface area (Å²) in [6.07, 6.45) is 0.156. The van der Waals surface area contributed by atoms with Crippen LogP contribution in [0.5, 0.6) is 0 Å². The number of rotatable bonds is 3. The quantitative estimate of drug-likeness (QED) is 0.383. The Balaban J connectivity index is 3.29. The Hall–Kier alpha value is -1.37. The van der Waals surface area contributed by atoms with E-state index in [0.717, 1.165) is 0 Å². The van der Waals surface area contributed by atoms with E-state index in [2.05, 4.69) is 4.74 Å². The molecule has 0 aromatic rings. The van der Waals surface area contributed by atoms with Crippen LogP contribution in [0.25, 0.3) is 0 Å². The third kappa shape index (κ3) is 4.48. The van der Waals surface area contributed by atoms with E-state index in [1.807, 2.05) is 0 Å². The molecule has 0 rings (SSSR count). The largest absolute Gasteiger partial charge is 0.457 e. The lowest BCUT2D eigenvalue weighted by molar-refractivity contribution is -0.144. The molecular weight excluding hydrogens is 122 g/mol. The van der Waals surface area contributed by atoms with Gasteiger partial charge in [-0.1, -0.05) is 0 Å². The van der Waals surface area contributed by atoms with Gasteiger partial charge in [0.05, 0.1) is 6.07 Å². The van der Waals surface area contributed by atoms with E-state index < -0.39 is 5.97 Å². The molecule has 0 spiro atoms. The van der Waals surface area contributed by atoms with Crippen molar-refractivity contribution in [3.8, 4) is 6.07 Å². The first-order valence-electron chi connectivity index (χ1n) is 2.27. The van der Waals surface area contributed by atoms with Crippen LogP contribution in [0.4, 0.5) is 0 Å². The van der Waals surface area contributed by atoms with Gasteiger partial charge in [-0.2, -0.15) is 5.26 Å². The van der Waals surface area contributed by atoms with Crippen molar-refractivity contribution in [2.75, 3.05) is 6.61 Å². The normalized spacial score (nSPS) is 7.44. The maximum Gasteiger partial charge on any atom is 0.320 e. The van der Waals surface area contributed by atoms with Gasteiger partial charge in [-0.05, 0) is 0 Å². The zero-order valence-corrected chi connectivity index (χ0v) is 4.66. The number of nitriles is 1. The van der Waals surface area contributed by atoms with Crippen molar-refractivity contribution in [3.63, 3.8) is 0 Å². The highest BCUT2D eigenvalue weighted by atomic mass is 16.5. The number of aldehydes is 1. The molecule has 0 saturated carbocycles. The number of carbonyl (C=O) groups excluding carboxylic acids is 2. The van der Waals surface area contributed by atoms with Crippen LogP contribution >= 0.6 is 0 Å². The second kappa shape index (κ2) is 4.78.